The molecule has 1 aliphatic rings. The number of nitrogens with one attached hydrogen (secondary N) is 1. The van der Waals surface area contributed by atoms with Gasteiger partial charge in [-0.15, -0.1) is 0 Å². The smallest absolute Gasteiger partial charge is 0.259 e. The number of hydrogen-bond acceptors (Lipinski definition) is 6. The van der Waals surface area contributed by atoms with E-state index in [9.17, 15) is 0 Å². The van der Waals surface area contributed by atoms with Crippen molar-refractivity contribution in [3.8, 4) is 11.5 Å². The van der Waals surface area contributed by atoms with Gasteiger partial charge in [0.2, 0.25) is 0 Å². The van der Waals surface area contributed by atoms with Gasteiger partial charge in [0.25, 0.3) is 5.89 Å². The molecule has 0 radical (unpaired) electrons. The van der Waals surface area contributed by atoms with Crippen LogP contribution >= 0.6 is 0 Å². The van der Waals surface area contributed by atoms with Gasteiger partial charge in [-0.05, 0) is 44.0 Å². The number of pyridine rings is 2. The van der Waals surface area contributed by atoms with Gasteiger partial charge in [-0.1, -0.05) is 11.2 Å². The molecule has 1 aliphatic carbocycles. The summed E-state index contributed by atoms with van der Waals surface area (Å²) in [5, 5.41) is 7.34. The molecule has 0 saturated heterocycles. The Morgan fingerprint density at radius 2 is 2.12 bits per heavy atom. The first kappa shape index (κ1) is 15.1. The predicted octanol–water partition coefficient (Wildman–Crippen LogP) is 3.58. The molecule has 0 unspecified atom stereocenters. The van der Waals surface area contributed by atoms with Gasteiger partial charge in [-0.3, -0.25) is 0 Å². The zero-order chi connectivity index (χ0) is 17.5. The molecule has 0 spiro atoms. The number of imidazole rings is 1. The molecule has 4 heterocycles. The third kappa shape index (κ3) is 2.81. The summed E-state index contributed by atoms with van der Waals surface area (Å²) in [7, 11) is 0. The maximum Gasteiger partial charge on any atom is 0.259 e. The Balaban J connectivity index is 1.28. The van der Waals surface area contributed by atoms with Gasteiger partial charge < -0.3 is 14.2 Å². The summed E-state index contributed by atoms with van der Waals surface area (Å²) in [4.78, 5) is 13.5. The highest BCUT2D eigenvalue weighted by atomic mass is 16.5. The van der Waals surface area contributed by atoms with E-state index in [0.29, 0.717) is 18.4 Å². The summed E-state index contributed by atoms with van der Waals surface area (Å²) in [6, 6.07) is 9.94. The lowest BCUT2D eigenvalue weighted by atomic mass is 10.3. The molecule has 130 valence electrons. The second-order valence-corrected chi connectivity index (χ2v) is 6.65. The molecule has 0 atom stereocenters. The van der Waals surface area contributed by atoms with Crippen molar-refractivity contribution in [1.29, 1.82) is 0 Å². The van der Waals surface area contributed by atoms with E-state index in [4.69, 9.17) is 4.52 Å². The lowest BCUT2D eigenvalue weighted by Crippen LogP contribution is -2.01. The zero-order valence-corrected chi connectivity index (χ0v) is 14.4. The summed E-state index contributed by atoms with van der Waals surface area (Å²) in [5.41, 5.74) is 3.91. The van der Waals surface area contributed by atoms with Crippen LogP contribution in [0, 0.1) is 6.92 Å². The van der Waals surface area contributed by atoms with Gasteiger partial charge in [0.1, 0.15) is 11.5 Å². The van der Waals surface area contributed by atoms with Gasteiger partial charge in [-0.25, -0.2) is 9.97 Å². The normalized spacial score (nSPS) is 14.0. The van der Waals surface area contributed by atoms with Crippen molar-refractivity contribution in [3.63, 3.8) is 0 Å². The van der Waals surface area contributed by atoms with Crippen molar-refractivity contribution in [3.05, 3.63) is 59.9 Å². The Hall–Kier alpha value is -3.22. The molecule has 0 amide bonds. The molecule has 0 bridgehead atoms. The van der Waals surface area contributed by atoms with E-state index >= 15 is 0 Å². The molecule has 7 heteroatoms. The van der Waals surface area contributed by atoms with Crippen LogP contribution in [0.2, 0.25) is 0 Å². The fourth-order valence-electron chi connectivity index (χ4n) is 2.95. The fraction of sp³-hybridized carbons (Fsp3) is 0.263. The summed E-state index contributed by atoms with van der Waals surface area (Å²) in [6.45, 7) is 2.68. The Kier molecular flexibility index (Phi) is 3.44. The number of fused-ring (bicyclic) bond motifs is 1. The predicted molar refractivity (Wildman–Crippen MR) is 96.8 cm³/mol. The summed E-state index contributed by atoms with van der Waals surface area (Å²) >= 11 is 0. The first-order valence-electron chi connectivity index (χ1n) is 8.74. The summed E-state index contributed by atoms with van der Waals surface area (Å²) in [6.07, 6.45) is 6.11. The third-order valence-corrected chi connectivity index (χ3v) is 4.59. The first-order valence-corrected chi connectivity index (χ1v) is 8.74. The lowest BCUT2D eigenvalue weighted by Gasteiger charge is -2.03. The second-order valence-electron chi connectivity index (χ2n) is 6.65. The first-order chi connectivity index (χ1) is 12.8. The Morgan fingerprint density at radius 1 is 1.19 bits per heavy atom. The second kappa shape index (κ2) is 5.94. The molecule has 0 aromatic carbocycles. The lowest BCUT2D eigenvalue weighted by molar-refractivity contribution is 0.422. The van der Waals surface area contributed by atoms with Gasteiger partial charge in [0.05, 0.1) is 17.8 Å². The topological polar surface area (TPSA) is 81.1 Å². The quantitative estimate of drug-likeness (QED) is 0.595. The van der Waals surface area contributed by atoms with Crippen LogP contribution < -0.4 is 5.32 Å². The number of anilines is 1. The number of hydrogen-bond donors (Lipinski definition) is 1. The van der Waals surface area contributed by atoms with Crippen molar-refractivity contribution in [2.24, 2.45) is 0 Å². The number of rotatable bonds is 5. The molecule has 7 nitrogen and oxygen atoms in total. The van der Waals surface area contributed by atoms with Crippen molar-refractivity contribution in [1.82, 2.24) is 24.5 Å². The molecule has 4 aromatic rings. The van der Waals surface area contributed by atoms with E-state index in [1.807, 2.05) is 30.5 Å². The highest BCUT2D eigenvalue weighted by Crippen LogP contribution is 2.38. The molecule has 1 saturated carbocycles. The van der Waals surface area contributed by atoms with Crippen LogP contribution in [0.3, 0.4) is 0 Å². The standard InChI is InChI=1S/C19H18N6O/c1-12-3-2-4-17-22-15(11-25(12)17)10-21-16-8-7-14(9-20-16)19-23-18(24-26-19)13-5-6-13/h2-4,7-9,11,13H,5-6,10H2,1H3,(H,20,21). The Labute approximate surface area is 150 Å². The number of aromatic nitrogens is 5. The van der Waals surface area contributed by atoms with Gasteiger partial charge in [-0.2, -0.15) is 4.98 Å². The summed E-state index contributed by atoms with van der Waals surface area (Å²) < 4.78 is 7.42. The van der Waals surface area contributed by atoms with Crippen molar-refractivity contribution >= 4 is 11.5 Å². The van der Waals surface area contributed by atoms with Gasteiger partial charge in [0.15, 0.2) is 5.82 Å². The van der Waals surface area contributed by atoms with Crippen LogP contribution in [0.25, 0.3) is 17.1 Å². The van der Waals surface area contributed by atoms with Crippen molar-refractivity contribution < 1.29 is 4.52 Å². The van der Waals surface area contributed by atoms with E-state index in [1.165, 1.54) is 0 Å². The van der Waals surface area contributed by atoms with Crippen molar-refractivity contribution in [2.45, 2.75) is 32.2 Å². The third-order valence-electron chi connectivity index (χ3n) is 4.59. The molecular weight excluding hydrogens is 328 g/mol. The highest BCUT2D eigenvalue weighted by Gasteiger charge is 2.29. The van der Waals surface area contributed by atoms with E-state index in [-0.39, 0.29) is 0 Å². The number of aryl methyl sites for hydroxylation is 1. The zero-order valence-electron chi connectivity index (χ0n) is 14.4. The van der Waals surface area contributed by atoms with Crippen LogP contribution in [0.15, 0.2) is 47.2 Å². The molecular formula is C19H18N6O. The fourth-order valence-corrected chi connectivity index (χ4v) is 2.95. The van der Waals surface area contributed by atoms with Gasteiger partial charge >= 0.3 is 0 Å². The van der Waals surface area contributed by atoms with E-state index in [1.54, 1.807) is 6.20 Å². The van der Waals surface area contributed by atoms with Crippen molar-refractivity contribution in [2.75, 3.05) is 5.32 Å². The van der Waals surface area contributed by atoms with Crippen LogP contribution in [-0.2, 0) is 6.54 Å². The van der Waals surface area contributed by atoms with Gasteiger partial charge in [0, 0.05) is 24.0 Å². The molecule has 1 N–H and O–H groups in total. The molecule has 5 rings (SSSR count). The average molecular weight is 346 g/mol. The maximum atomic E-state index is 5.33. The van der Waals surface area contributed by atoms with Crippen LogP contribution in [0.1, 0.15) is 36.0 Å². The minimum absolute atomic E-state index is 0.482. The Morgan fingerprint density at radius 3 is 2.88 bits per heavy atom. The average Bonchev–Trinajstić information content (AvgIpc) is 3.23. The minimum atomic E-state index is 0.482. The highest BCUT2D eigenvalue weighted by molar-refractivity contribution is 5.54. The number of nitrogens with zero attached hydrogens (tertiary/aromatic N) is 5. The Bertz CT molecular complexity index is 1060. The molecule has 4 aromatic heterocycles. The monoisotopic (exact) mass is 346 g/mol. The van der Waals surface area contributed by atoms with Crippen LogP contribution in [0.4, 0.5) is 5.82 Å². The minimum Gasteiger partial charge on any atom is -0.364 e. The van der Waals surface area contributed by atoms with E-state index < -0.39 is 0 Å². The van der Waals surface area contributed by atoms with Crippen LogP contribution in [0.5, 0.6) is 0 Å². The molecule has 0 aliphatic heterocycles. The summed E-state index contributed by atoms with van der Waals surface area (Å²) in [5.74, 6) is 2.60. The van der Waals surface area contributed by atoms with Crippen LogP contribution in [-0.4, -0.2) is 24.5 Å². The largest absolute Gasteiger partial charge is 0.364 e. The van der Waals surface area contributed by atoms with E-state index in [0.717, 1.165) is 47.1 Å². The molecule has 1 fully saturated rings. The van der Waals surface area contributed by atoms with E-state index in [2.05, 4.69) is 42.8 Å². The molecule has 26 heavy (non-hydrogen) atoms. The maximum absolute atomic E-state index is 5.33. The SMILES string of the molecule is Cc1cccc2nc(CNc3ccc(-c4nc(C5CC5)no4)cn3)cn12.